The summed E-state index contributed by atoms with van der Waals surface area (Å²) < 4.78 is 39.2. The fourth-order valence-corrected chi connectivity index (χ4v) is 4.87. The molecule has 38 heavy (non-hydrogen) atoms. The molecular formula is C26H30F3N5O4. The Morgan fingerprint density at radius 2 is 1.74 bits per heavy atom. The maximum atomic E-state index is 12.9. The van der Waals surface area contributed by atoms with E-state index in [9.17, 15) is 18.0 Å². The van der Waals surface area contributed by atoms with Crippen molar-refractivity contribution in [2.75, 3.05) is 38.2 Å². The molecular weight excluding hydrogens is 503 g/mol. The highest BCUT2D eigenvalue weighted by atomic mass is 19.4. The maximum Gasteiger partial charge on any atom is 0.490 e. The number of nitrogens with zero attached hydrogens (tertiary/aromatic N) is 5. The summed E-state index contributed by atoms with van der Waals surface area (Å²) in [6.07, 6.45) is 6.37. The van der Waals surface area contributed by atoms with E-state index in [1.165, 1.54) is 19.3 Å². The molecule has 2 aliphatic rings. The van der Waals surface area contributed by atoms with Crippen molar-refractivity contribution in [2.45, 2.75) is 38.3 Å². The van der Waals surface area contributed by atoms with E-state index in [4.69, 9.17) is 19.6 Å². The number of aromatic nitrogens is 3. The molecule has 1 aliphatic carbocycles. The third-order valence-electron chi connectivity index (χ3n) is 6.86. The largest absolute Gasteiger partial charge is 0.497 e. The predicted molar refractivity (Wildman–Crippen MR) is 134 cm³/mol. The van der Waals surface area contributed by atoms with Crippen LogP contribution in [0.2, 0.25) is 0 Å². The molecule has 0 unspecified atom stereocenters. The van der Waals surface area contributed by atoms with Crippen LogP contribution in [0, 0.1) is 5.92 Å². The van der Waals surface area contributed by atoms with Crippen molar-refractivity contribution in [3.63, 3.8) is 0 Å². The summed E-state index contributed by atoms with van der Waals surface area (Å²) in [5.74, 6) is -0.478. The number of imidazole rings is 1. The van der Waals surface area contributed by atoms with Crippen LogP contribution in [-0.2, 0) is 9.59 Å². The number of rotatable bonds is 4. The average Bonchev–Trinajstić information content (AvgIpc) is 3.43. The lowest BCUT2D eigenvalue weighted by Gasteiger charge is -2.37. The minimum atomic E-state index is -5.08. The topological polar surface area (TPSA) is 100 Å². The van der Waals surface area contributed by atoms with Crippen LogP contribution in [0.1, 0.15) is 32.1 Å². The van der Waals surface area contributed by atoms with Gasteiger partial charge in [0.15, 0.2) is 11.5 Å². The lowest BCUT2D eigenvalue weighted by atomic mass is 9.88. The highest BCUT2D eigenvalue weighted by Crippen LogP contribution is 2.29. The van der Waals surface area contributed by atoms with Crippen molar-refractivity contribution in [1.82, 2.24) is 19.3 Å². The van der Waals surface area contributed by atoms with Crippen molar-refractivity contribution in [3.05, 3.63) is 42.9 Å². The fraction of sp³-hybridized carbons (Fsp3) is 0.462. The molecule has 1 aliphatic heterocycles. The predicted octanol–water partition coefficient (Wildman–Crippen LogP) is 4.27. The number of carboxylic acid groups (broad SMARTS) is 1. The molecule has 204 valence electrons. The molecule has 1 amide bonds. The number of carbonyl (C=O) groups excluding carboxylic acids is 1. The van der Waals surface area contributed by atoms with Gasteiger partial charge in [-0.2, -0.15) is 13.2 Å². The second kappa shape index (κ2) is 11.7. The van der Waals surface area contributed by atoms with E-state index in [1.807, 2.05) is 42.9 Å². The number of carbonyl (C=O) groups is 2. The molecule has 1 saturated heterocycles. The number of alkyl halides is 3. The van der Waals surface area contributed by atoms with E-state index < -0.39 is 12.1 Å². The normalized spacial score (nSPS) is 16.6. The third kappa shape index (κ3) is 6.17. The molecule has 1 saturated carbocycles. The fourth-order valence-electron chi connectivity index (χ4n) is 4.87. The molecule has 1 N–H and O–H groups in total. The van der Waals surface area contributed by atoms with Crippen LogP contribution in [0.4, 0.5) is 19.0 Å². The molecule has 0 radical (unpaired) electrons. The third-order valence-corrected chi connectivity index (χ3v) is 6.86. The Balaban J connectivity index is 0.000000426. The number of anilines is 1. The van der Waals surface area contributed by atoms with Crippen molar-refractivity contribution in [2.24, 2.45) is 5.92 Å². The van der Waals surface area contributed by atoms with Gasteiger partial charge in [-0.25, -0.2) is 14.8 Å². The quantitative estimate of drug-likeness (QED) is 0.535. The number of ether oxygens (including phenoxy) is 1. The minimum Gasteiger partial charge on any atom is -0.497 e. The second-order valence-electron chi connectivity index (χ2n) is 9.27. The Kier molecular flexibility index (Phi) is 8.38. The van der Waals surface area contributed by atoms with Crippen molar-refractivity contribution in [1.29, 1.82) is 0 Å². The smallest absolute Gasteiger partial charge is 0.490 e. The van der Waals surface area contributed by atoms with Gasteiger partial charge in [-0.05, 0) is 25.0 Å². The van der Waals surface area contributed by atoms with Crippen LogP contribution in [0.25, 0.3) is 16.9 Å². The molecule has 0 atom stereocenters. The number of carboxylic acids is 1. The van der Waals surface area contributed by atoms with E-state index in [0.717, 1.165) is 67.5 Å². The number of halogens is 3. The number of piperazine rings is 1. The summed E-state index contributed by atoms with van der Waals surface area (Å²) in [6, 6.07) is 7.97. The Bertz CT molecular complexity index is 1270. The van der Waals surface area contributed by atoms with E-state index in [2.05, 4.69) is 19.2 Å². The molecule has 9 nitrogen and oxygen atoms in total. The lowest BCUT2D eigenvalue weighted by molar-refractivity contribution is -0.192. The zero-order valence-corrected chi connectivity index (χ0v) is 21.0. The SMILES string of the molecule is COc1cccc(-c2cnc(N3CCN(C(=O)C4CCCCC4)CC3)c3nccn23)c1.O=C(O)C(F)(F)F. The van der Waals surface area contributed by atoms with Crippen molar-refractivity contribution >= 4 is 23.3 Å². The molecule has 5 rings (SSSR count). The number of methoxy groups -OCH3 is 1. The minimum absolute atomic E-state index is 0.236. The summed E-state index contributed by atoms with van der Waals surface area (Å²) in [7, 11) is 1.67. The van der Waals surface area contributed by atoms with Gasteiger partial charge in [0, 0.05) is 50.1 Å². The Morgan fingerprint density at radius 1 is 1.05 bits per heavy atom. The van der Waals surface area contributed by atoms with E-state index in [0.29, 0.717) is 5.91 Å². The zero-order chi connectivity index (χ0) is 27.3. The highest BCUT2D eigenvalue weighted by Gasteiger charge is 2.38. The van der Waals surface area contributed by atoms with Gasteiger partial charge in [-0.15, -0.1) is 0 Å². The standard InChI is InChI=1S/C24H29N5O2.C2HF3O2/c1-31-20-9-5-8-19(16-20)21-17-26-22(23-25-10-11-29(21)23)27-12-14-28(15-13-27)24(30)18-6-3-2-4-7-18;3-2(4,5)1(6)7/h5,8-11,16-18H,2-4,6-7,12-15H2,1H3;(H,6,7). The molecule has 3 aromatic rings. The number of aliphatic carboxylic acids is 1. The monoisotopic (exact) mass is 533 g/mol. The molecule has 2 aromatic heterocycles. The number of benzene rings is 1. The van der Waals surface area contributed by atoms with E-state index >= 15 is 0 Å². The summed E-state index contributed by atoms with van der Waals surface area (Å²) in [5.41, 5.74) is 2.85. The Labute approximate surface area is 217 Å². The van der Waals surface area contributed by atoms with E-state index in [1.54, 1.807) is 7.11 Å². The van der Waals surface area contributed by atoms with Gasteiger partial charge >= 0.3 is 12.1 Å². The van der Waals surface area contributed by atoms with Gasteiger partial charge in [-0.3, -0.25) is 9.20 Å². The molecule has 3 heterocycles. The summed E-state index contributed by atoms with van der Waals surface area (Å²) in [5, 5.41) is 7.12. The molecule has 12 heteroatoms. The first kappa shape index (κ1) is 27.2. The second-order valence-corrected chi connectivity index (χ2v) is 9.27. The molecule has 0 bridgehead atoms. The lowest BCUT2D eigenvalue weighted by Crippen LogP contribution is -2.51. The van der Waals surface area contributed by atoms with Gasteiger partial charge in [0.2, 0.25) is 5.91 Å². The first-order valence-corrected chi connectivity index (χ1v) is 12.5. The van der Waals surface area contributed by atoms with Crippen LogP contribution in [-0.4, -0.2) is 75.7 Å². The van der Waals surface area contributed by atoms with Gasteiger partial charge in [0.25, 0.3) is 0 Å². The Morgan fingerprint density at radius 3 is 2.37 bits per heavy atom. The van der Waals surface area contributed by atoms with Crippen LogP contribution in [0.3, 0.4) is 0 Å². The van der Waals surface area contributed by atoms with E-state index in [-0.39, 0.29) is 5.92 Å². The zero-order valence-electron chi connectivity index (χ0n) is 21.0. The summed E-state index contributed by atoms with van der Waals surface area (Å²) in [4.78, 5) is 35.5. The number of fused-ring (bicyclic) bond motifs is 1. The van der Waals surface area contributed by atoms with Crippen LogP contribution < -0.4 is 9.64 Å². The van der Waals surface area contributed by atoms with Gasteiger partial charge in [0.05, 0.1) is 19.0 Å². The first-order chi connectivity index (χ1) is 18.2. The summed E-state index contributed by atoms with van der Waals surface area (Å²) >= 11 is 0. The van der Waals surface area contributed by atoms with Gasteiger partial charge < -0.3 is 19.6 Å². The Hall–Kier alpha value is -3.83. The van der Waals surface area contributed by atoms with Crippen LogP contribution in [0.5, 0.6) is 5.75 Å². The van der Waals surface area contributed by atoms with Gasteiger partial charge in [-0.1, -0.05) is 31.4 Å². The summed E-state index contributed by atoms with van der Waals surface area (Å²) in [6.45, 7) is 3.07. The molecule has 0 spiro atoms. The van der Waals surface area contributed by atoms with Crippen molar-refractivity contribution < 1.29 is 32.6 Å². The average molecular weight is 534 g/mol. The van der Waals surface area contributed by atoms with Crippen LogP contribution >= 0.6 is 0 Å². The number of hydrogen-bond donors (Lipinski definition) is 1. The van der Waals surface area contributed by atoms with Crippen molar-refractivity contribution in [3.8, 4) is 17.0 Å². The maximum absolute atomic E-state index is 12.9. The number of amides is 1. The van der Waals surface area contributed by atoms with Gasteiger partial charge in [0.1, 0.15) is 5.75 Å². The molecule has 2 fully saturated rings. The highest BCUT2D eigenvalue weighted by molar-refractivity contribution is 5.79. The van der Waals surface area contributed by atoms with Crippen LogP contribution in [0.15, 0.2) is 42.9 Å². The molecule has 1 aromatic carbocycles. The number of hydrogen-bond acceptors (Lipinski definition) is 6. The first-order valence-electron chi connectivity index (χ1n) is 12.5.